The Morgan fingerprint density at radius 1 is 0.627 bits per heavy atom. The summed E-state index contributed by atoms with van der Waals surface area (Å²) in [6.45, 7) is 24.5. The first-order chi connectivity index (χ1) is 27.6. The number of allylic oxidation sites excluding steroid dienone is 8. The molecule has 0 fully saturated rings. The number of nitrogens with zero attached hydrogens (tertiary/aromatic N) is 2. The number of hydrogen-bond donors (Lipinski definition) is 0. The normalized spacial score (nSPS) is 15.6. The molecule has 0 aromatic heterocycles. The SMILES string of the molecule is CCC(C)(C)C(=O)N(CCc1ccc(F)[c]([Ti]([C]2=CC=CC2)([C]2=CC=CC2)[c]2c(F)ccc(CCN(C(=O)C(C)(C)CC)C(C)CC(C)C)c2F)c1F)C(C)CC(C)C. The fourth-order valence-electron chi connectivity index (χ4n) is 8.91. The van der Waals surface area contributed by atoms with E-state index in [9.17, 15) is 9.59 Å². The second kappa shape index (κ2) is 20.1. The van der Waals surface area contributed by atoms with Crippen LogP contribution in [0.3, 0.4) is 0 Å². The van der Waals surface area contributed by atoms with E-state index in [1.807, 2.05) is 89.5 Å². The van der Waals surface area contributed by atoms with Gasteiger partial charge in [-0.2, -0.15) is 0 Å². The van der Waals surface area contributed by atoms with Crippen LogP contribution in [-0.2, 0) is 39.0 Å². The number of rotatable bonds is 20. The summed E-state index contributed by atoms with van der Waals surface area (Å²) in [5.41, 5.74) is -0.839. The van der Waals surface area contributed by atoms with Gasteiger partial charge in [0, 0.05) is 0 Å². The van der Waals surface area contributed by atoms with Crippen molar-refractivity contribution in [3.63, 3.8) is 0 Å². The van der Waals surface area contributed by atoms with E-state index in [1.165, 1.54) is 24.3 Å². The molecule has 2 unspecified atom stereocenters. The van der Waals surface area contributed by atoms with Gasteiger partial charge in [0.2, 0.25) is 0 Å². The van der Waals surface area contributed by atoms with E-state index in [4.69, 9.17) is 0 Å². The molecule has 2 aromatic carbocycles. The van der Waals surface area contributed by atoms with Crippen molar-refractivity contribution in [1.29, 1.82) is 0 Å². The summed E-state index contributed by atoms with van der Waals surface area (Å²) in [6, 6.07) is 5.11. The molecule has 2 aromatic rings. The second-order valence-electron chi connectivity index (χ2n) is 19.1. The van der Waals surface area contributed by atoms with Gasteiger partial charge >= 0.3 is 358 Å². The summed E-state index contributed by atoms with van der Waals surface area (Å²) < 4.78 is 70.1. The zero-order valence-corrected chi connectivity index (χ0v) is 39.4. The molecule has 0 bridgehead atoms. The minimum absolute atomic E-state index is 0.0228. The summed E-state index contributed by atoms with van der Waals surface area (Å²) in [5, 5.41) is 0. The third-order valence-electron chi connectivity index (χ3n) is 13.0. The monoisotopic (exact) mass is 854 g/mol. The molecular weight excluding hydrogens is 784 g/mol. The fourth-order valence-corrected chi connectivity index (χ4v) is 17.3. The van der Waals surface area contributed by atoms with Crippen molar-refractivity contribution in [2.75, 3.05) is 13.1 Å². The number of hydrogen-bond acceptors (Lipinski definition) is 2. The average Bonchev–Trinajstić information content (AvgIpc) is 3.91. The van der Waals surface area contributed by atoms with Gasteiger partial charge in [-0.3, -0.25) is 0 Å². The molecule has 0 heterocycles. The van der Waals surface area contributed by atoms with E-state index in [-0.39, 0.29) is 68.7 Å². The van der Waals surface area contributed by atoms with Crippen LogP contribution in [0.2, 0.25) is 0 Å². The second-order valence-corrected chi connectivity index (χ2v) is 25.0. The number of halogens is 4. The molecule has 324 valence electrons. The molecule has 0 saturated carbocycles. The van der Waals surface area contributed by atoms with Crippen LogP contribution >= 0.6 is 0 Å². The Hall–Kier alpha value is -3.23. The maximum atomic E-state index is 17.7. The van der Waals surface area contributed by atoms with Crippen molar-refractivity contribution in [2.45, 2.75) is 147 Å². The maximum absolute atomic E-state index is 17.7. The molecule has 0 spiro atoms. The Morgan fingerprint density at radius 2 is 0.983 bits per heavy atom. The Labute approximate surface area is 356 Å². The van der Waals surface area contributed by atoms with Gasteiger partial charge in [-0.1, -0.05) is 0 Å². The van der Waals surface area contributed by atoms with Crippen molar-refractivity contribution in [2.24, 2.45) is 22.7 Å². The number of carbonyl (C=O) groups is 2. The molecule has 0 N–H and O–H groups in total. The zero-order valence-electron chi connectivity index (χ0n) is 37.9. The molecule has 0 saturated heterocycles. The Balaban J connectivity index is 1.92. The van der Waals surface area contributed by atoms with Crippen molar-refractivity contribution in [3.05, 3.63) is 103 Å². The van der Waals surface area contributed by atoms with Gasteiger partial charge in [0.15, 0.2) is 0 Å². The summed E-state index contributed by atoms with van der Waals surface area (Å²) in [5.74, 6) is -2.65. The van der Waals surface area contributed by atoms with Gasteiger partial charge < -0.3 is 0 Å². The van der Waals surface area contributed by atoms with Crippen LogP contribution < -0.4 is 7.74 Å². The number of benzene rings is 2. The Morgan fingerprint density at radius 3 is 1.27 bits per heavy atom. The van der Waals surface area contributed by atoms with Crippen LogP contribution in [0.4, 0.5) is 17.6 Å². The molecule has 4 rings (SSSR count). The molecule has 2 aliphatic rings. The minimum atomic E-state index is -5.12. The number of amides is 2. The first-order valence-corrected chi connectivity index (χ1v) is 25.1. The molecule has 2 atom stereocenters. The van der Waals surface area contributed by atoms with Crippen LogP contribution in [0.15, 0.2) is 68.5 Å². The standard InChI is InChI=1S/2C20H30F2NO.2C5H5.Ti/c2*1-7-20(5,6)19(24)23(15(4)12-14(2)3)11-10-16-8-9-17(21)13-18(16)22;2*1-2-4-5-3-1;/h2*8-9,14-15H,7,10-12H2,1-6H3;2*1-3H,4H2;. The molecular formula is C50H70F4N2O2Ti. The van der Waals surface area contributed by atoms with Crippen LogP contribution in [0.1, 0.15) is 133 Å². The van der Waals surface area contributed by atoms with Crippen LogP contribution in [0.5, 0.6) is 0 Å². The molecule has 59 heavy (non-hydrogen) atoms. The molecule has 2 amide bonds. The summed E-state index contributed by atoms with van der Waals surface area (Å²) in [4.78, 5) is 31.6. The van der Waals surface area contributed by atoms with Gasteiger partial charge in [0.1, 0.15) is 0 Å². The molecule has 2 aliphatic carbocycles. The fraction of sp³-hybridized carbons (Fsp3) is 0.560. The molecule has 0 radical (unpaired) electrons. The van der Waals surface area contributed by atoms with Crippen LogP contribution in [0.25, 0.3) is 0 Å². The Kier molecular flexibility index (Phi) is 16.5. The van der Waals surface area contributed by atoms with Gasteiger partial charge in [-0.05, 0) is 0 Å². The van der Waals surface area contributed by atoms with E-state index in [1.54, 1.807) is 12.2 Å². The van der Waals surface area contributed by atoms with E-state index in [2.05, 4.69) is 27.7 Å². The van der Waals surface area contributed by atoms with Crippen molar-refractivity contribution >= 4 is 19.6 Å². The topological polar surface area (TPSA) is 40.6 Å². The van der Waals surface area contributed by atoms with Crippen LogP contribution in [-0.4, -0.2) is 46.8 Å². The summed E-state index contributed by atoms with van der Waals surface area (Å²) in [7, 11) is 0. The Bertz CT molecular complexity index is 1820. The van der Waals surface area contributed by atoms with Gasteiger partial charge in [0.25, 0.3) is 0 Å². The third kappa shape index (κ3) is 10.5. The first kappa shape index (κ1) is 48.4. The van der Waals surface area contributed by atoms with Crippen LogP contribution in [0, 0.1) is 45.9 Å². The van der Waals surface area contributed by atoms with E-state index in [0.717, 1.165) is 12.8 Å². The predicted molar refractivity (Wildman–Crippen MR) is 232 cm³/mol. The first-order valence-electron chi connectivity index (χ1n) is 21.9. The average molecular weight is 855 g/mol. The van der Waals surface area contributed by atoms with Gasteiger partial charge in [0.05, 0.1) is 0 Å². The van der Waals surface area contributed by atoms with Crippen molar-refractivity contribution in [3.8, 4) is 0 Å². The quantitative estimate of drug-likeness (QED) is 0.0983. The van der Waals surface area contributed by atoms with Gasteiger partial charge in [-0.15, -0.1) is 0 Å². The molecule has 4 nitrogen and oxygen atoms in total. The van der Waals surface area contributed by atoms with Gasteiger partial charge in [-0.25, -0.2) is 0 Å². The summed E-state index contributed by atoms with van der Waals surface area (Å²) in [6.07, 6.45) is 14.6. The number of carbonyl (C=O) groups excluding carboxylic acids is 2. The molecule has 9 heteroatoms. The zero-order chi connectivity index (χ0) is 44.0. The third-order valence-corrected chi connectivity index (χ3v) is 20.9. The van der Waals surface area contributed by atoms with E-state index < -0.39 is 50.7 Å². The van der Waals surface area contributed by atoms with Crippen molar-refractivity contribution in [1.82, 2.24) is 9.80 Å². The predicted octanol–water partition coefficient (Wildman–Crippen LogP) is 11.5. The van der Waals surface area contributed by atoms with E-state index in [0.29, 0.717) is 45.3 Å². The van der Waals surface area contributed by atoms with E-state index >= 15 is 17.6 Å². The molecule has 0 aliphatic heterocycles. The summed E-state index contributed by atoms with van der Waals surface area (Å²) >= 11 is -5.12. The van der Waals surface area contributed by atoms with Crippen molar-refractivity contribution < 1.29 is 43.7 Å².